The summed E-state index contributed by atoms with van der Waals surface area (Å²) in [6.07, 6.45) is 3.26. The highest BCUT2D eigenvalue weighted by Crippen LogP contribution is 2.12. The minimum Gasteiger partial charge on any atom is -0.346 e. The molecule has 0 aliphatic carbocycles. The molecule has 0 fully saturated rings. The van der Waals surface area contributed by atoms with Gasteiger partial charge in [0, 0.05) is 30.1 Å². The second-order valence-corrected chi connectivity index (χ2v) is 4.45. The average Bonchev–Trinajstić information content (AvgIpc) is 2.32. The number of Topliss-reactive ketones (excluding diaryl/α,β-unsaturated/α-hetero) is 1. The Kier molecular flexibility index (Phi) is 3.42. The van der Waals surface area contributed by atoms with Gasteiger partial charge in [0.1, 0.15) is 0 Å². The van der Waals surface area contributed by atoms with E-state index in [2.05, 4.69) is 0 Å². The minimum absolute atomic E-state index is 0.0507. The molecule has 0 N–H and O–H groups in total. The highest BCUT2D eigenvalue weighted by molar-refractivity contribution is 5.97. The summed E-state index contributed by atoms with van der Waals surface area (Å²) in [4.78, 5) is 23.1. The van der Waals surface area contributed by atoms with Crippen molar-refractivity contribution < 1.29 is 4.79 Å². The van der Waals surface area contributed by atoms with E-state index in [9.17, 15) is 9.59 Å². The molecule has 3 heteroatoms. The van der Waals surface area contributed by atoms with Crippen LogP contribution in [0.1, 0.15) is 21.5 Å². The van der Waals surface area contributed by atoms with Gasteiger partial charge in [-0.1, -0.05) is 23.8 Å². The number of pyridine rings is 1. The first kappa shape index (κ1) is 12.3. The summed E-state index contributed by atoms with van der Waals surface area (Å²) >= 11 is 0. The molecule has 0 saturated heterocycles. The van der Waals surface area contributed by atoms with Crippen LogP contribution >= 0.6 is 0 Å². The third kappa shape index (κ3) is 2.74. The first-order valence-corrected chi connectivity index (χ1v) is 5.83. The molecule has 0 unspecified atom stereocenters. The summed E-state index contributed by atoms with van der Waals surface area (Å²) in [5, 5.41) is 0. The highest BCUT2D eigenvalue weighted by Gasteiger charge is 2.09. The van der Waals surface area contributed by atoms with E-state index in [-0.39, 0.29) is 17.8 Å². The van der Waals surface area contributed by atoms with E-state index in [4.69, 9.17) is 0 Å². The van der Waals surface area contributed by atoms with Gasteiger partial charge in [0.15, 0.2) is 11.2 Å². The van der Waals surface area contributed by atoms with Gasteiger partial charge in [-0.3, -0.25) is 9.59 Å². The molecule has 1 aromatic heterocycles. The number of aryl methyl sites for hydroxylation is 2. The predicted molar refractivity (Wildman–Crippen MR) is 70.9 cm³/mol. The van der Waals surface area contributed by atoms with Gasteiger partial charge in [0.25, 0.3) is 0 Å². The van der Waals surface area contributed by atoms with E-state index in [1.165, 1.54) is 12.1 Å². The van der Waals surface area contributed by atoms with Crippen LogP contribution in [-0.4, -0.2) is 10.4 Å². The third-order valence-electron chi connectivity index (χ3n) is 2.87. The number of carbonyl (C=O) groups is 1. The van der Waals surface area contributed by atoms with Gasteiger partial charge >= 0.3 is 0 Å². The summed E-state index contributed by atoms with van der Waals surface area (Å²) in [7, 11) is 0. The monoisotopic (exact) mass is 241 g/mol. The summed E-state index contributed by atoms with van der Waals surface area (Å²) < 4.78 is 1.71. The predicted octanol–water partition coefficient (Wildman–Crippen LogP) is 2.35. The minimum atomic E-state index is -0.0507. The second-order valence-electron chi connectivity index (χ2n) is 4.45. The first-order valence-electron chi connectivity index (χ1n) is 5.83. The van der Waals surface area contributed by atoms with E-state index in [0.29, 0.717) is 0 Å². The molecule has 0 radical (unpaired) electrons. The Morgan fingerprint density at radius 1 is 1.11 bits per heavy atom. The summed E-state index contributed by atoms with van der Waals surface area (Å²) in [6.45, 7) is 4.19. The van der Waals surface area contributed by atoms with Crippen LogP contribution in [-0.2, 0) is 6.54 Å². The highest BCUT2D eigenvalue weighted by atomic mass is 16.1. The van der Waals surface area contributed by atoms with Crippen molar-refractivity contribution in [1.29, 1.82) is 0 Å². The fourth-order valence-electron chi connectivity index (χ4n) is 1.93. The van der Waals surface area contributed by atoms with Gasteiger partial charge < -0.3 is 4.57 Å². The van der Waals surface area contributed by atoms with Gasteiger partial charge in [-0.25, -0.2) is 0 Å². The van der Waals surface area contributed by atoms with Crippen molar-refractivity contribution in [2.45, 2.75) is 20.4 Å². The Hall–Kier alpha value is -2.16. The molecule has 0 spiro atoms. The fraction of sp³-hybridized carbons (Fsp3) is 0.200. The molecule has 1 heterocycles. The molecule has 0 bridgehead atoms. The number of hydrogen-bond acceptors (Lipinski definition) is 2. The molecule has 0 amide bonds. The van der Waals surface area contributed by atoms with Crippen LogP contribution in [0.5, 0.6) is 0 Å². The van der Waals surface area contributed by atoms with Gasteiger partial charge in [0.05, 0.1) is 6.54 Å². The number of hydrogen-bond donors (Lipinski definition) is 0. The lowest BCUT2D eigenvalue weighted by Gasteiger charge is -2.08. The number of aromatic nitrogens is 1. The number of rotatable bonds is 3. The van der Waals surface area contributed by atoms with Crippen LogP contribution in [0, 0.1) is 13.8 Å². The second kappa shape index (κ2) is 5.00. The third-order valence-corrected chi connectivity index (χ3v) is 2.87. The van der Waals surface area contributed by atoms with Gasteiger partial charge in [-0.2, -0.15) is 0 Å². The van der Waals surface area contributed by atoms with E-state index in [1.807, 2.05) is 32.0 Å². The summed E-state index contributed by atoms with van der Waals surface area (Å²) in [6, 6.07) is 8.70. The molecule has 3 nitrogen and oxygen atoms in total. The van der Waals surface area contributed by atoms with Crippen molar-refractivity contribution in [3.63, 3.8) is 0 Å². The maximum absolute atomic E-state index is 12.1. The molecule has 2 rings (SSSR count). The molecule has 2 aromatic rings. The van der Waals surface area contributed by atoms with Crippen LogP contribution in [0.25, 0.3) is 0 Å². The van der Waals surface area contributed by atoms with Crippen molar-refractivity contribution in [2.24, 2.45) is 0 Å². The van der Waals surface area contributed by atoms with Gasteiger partial charge in [-0.15, -0.1) is 0 Å². The zero-order valence-electron chi connectivity index (χ0n) is 10.5. The quantitative estimate of drug-likeness (QED) is 0.774. The summed E-state index contributed by atoms with van der Waals surface area (Å²) in [5.41, 5.74) is 2.82. The van der Waals surface area contributed by atoms with Crippen LogP contribution in [0.15, 0.2) is 47.5 Å². The standard InChI is InChI=1S/C15H15NO2/c1-11-3-4-14(12(2)9-11)15(18)10-16-7-5-13(17)6-8-16/h3-9H,10H2,1-2H3. The Morgan fingerprint density at radius 2 is 1.78 bits per heavy atom. The molecular weight excluding hydrogens is 226 g/mol. The fourth-order valence-corrected chi connectivity index (χ4v) is 1.93. The first-order chi connectivity index (χ1) is 8.56. The SMILES string of the molecule is Cc1ccc(C(=O)Cn2ccc(=O)cc2)c(C)c1. The van der Waals surface area contributed by atoms with Crippen LogP contribution in [0.4, 0.5) is 0 Å². The average molecular weight is 241 g/mol. The van der Waals surface area contributed by atoms with Crippen molar-refractivity contribution >= 4 is 5.78 Å². The smallest absolute Gasteiger partial charge is 0.182 e. The summed E-state index contributed by atoms with van der Waals surface area (Å²) in [5.74, 6) is 0.0520. The van der Waals surface area contributed by atoms with E-state index < -0.39 is 0 Å². The molecule has 0 aliphatic rings. The van der Waals surface area contributed by atoms with Crippen molar-refractivity contribution in [3.8, 4) is 0 Å². The molecule has 92 valence electrons. The lowest BCUT2D eigenvalue weighted by molar-refractivity contribution is 0.0971. The van der Waals surface area contributed by atoms with Crippen molar-refractivity contribution in [2.75, 3.05) is 0 Å². The number of benzene rings is 1. The Bertz CT molecular complexity index is 621. The zero-order valence-corrected chi connectivity index (χ0v) is 10.5. The van der Waals surface area contributed by atoms with E-state index in [1.54, 1.807) is 17.0 Å². The van der Waals surface area contributed by atoms with Crippen molar-refractivity contribution in [1.82, 2.24) is 4.57 Å². The van der Waals surface area contributed by atoms with Crippen LogP contribution < -0.4 is 5.43 Å². The van der Waals surface area contributed by atoms with Crippen LogP contribution in [0.2, 0.25) is 0 Å². The Morgan fingerprint density at radius 3 is 2.39 bits per heavy atom. The van der Waals surface area contributed by atoms with E-state index >= 15 is 0 Å². The lowest BCUT2D eigenvalue weighted by Crippen LogP contribution is -2.13. The number of carbonyl (C=O) groups excluding carboxylic acids is 1. The normalized spacial score (nSPS) is 10.3. The lowest BCUT2D eigenvalue weighted by atomic mass is 10.0. The van der Waals surface area contributed by atoms with Gasteiger partial charge in [0.2, 0.25) is 0 Å². The number of ketones is 1. The molecule has 0 aliphatic heterocycles. The maximum atomic E-state index is 12.1. The van der Waals surface area contributed by atoms with Crippen molar-refractivity contribution in [3.05, 3.63) is 69.6 Å². The number of nitrogens with zero attached hydrogens (tertiary/aromatic N) is 1. The molecule has 0 saturated carbocycles. The molecular formula is C15H15NO2. The van der Waals surface area contributed by atoms with Gasteiger partial charge in [-0.05, 0) is 19.4 Å². The maximum Gasteiger partial charge on any atom is 0.182 e. The van der Waals surface area contributed by atoms with Crippen LogP contribution in [0.3, 0.4) is 0 Å². The topological polar surface area (TPSA) is 39.1 Å². The Labute approximate surface area is 106 Å². The van der Waals surface area contributed by atoms with E-state index in [0.717, 1.165) is 16.7 Å². The largest absolute Gasteiger partial charge is 0.346 e. The molecule has 18 heavy (non-hydrogen) atoms. The molecule has 1 aromatic carbocycles. The molecule has 0 atom stereocenters. The Balaban J connectivity index is 2.22. The zero-order chi connectivity index (χ0) is 13.1.